The zero-order valence-corrected chi connectivity index (χ0v) is 36.7. The van der Waals surface area contributed by atoms with Gasteiger partial charge in [-0.1, -0.05) is 188 Å². The van der Waals surface area contributed by atoms with Gasteiger partial charge in [0.05, 0.1) is 49.2 Å². The van der Waals surface area contributed by atoms with Crippen molar-refractivity contribution >= 4 is 86.8 Å². The molecule has 0 saturated carbocycles. The molecule has 0 aliphatic carbocycles. The molecule has 0 saturated heterocycles. The van der Waals surface area contributed by atoms with Gasteiger partial charge in [-0.05, 0) is 46.8 Å². The fourth-order valence-corrected chi connectivity index (χ4v) is 11.3. The smallest absolute Gasteiger partial charge is 0.235 e. The number of fused-ring (bicyclic) bond motifs is 10. The first-order valence-electron chi connectivity index (χ1n) is 22.5. The second-order valence-electron chi connectivity index (χ2n) is 17.0. The van der Waals surface area contributed by atoms with E-state index in [9.17, 15) is 0 Å². The molecular formula is C60H36N6S. The highest BCUT2D eigenvalue weighted by molar-refractivity contribution is 7.22. The Morgan fingerprint density at radius 2 is 0.910 bits per heavy atom. The fourth-order valence-electron chi connectivity index (χ4n) is 10.1. The van der Waals surface area contributed by atoms with Gasteiger partial charge >= 0.3 is 0 Å². The van der Waals surface area contributed by atoms with Crippen LogP contribution in [0.15, 0.2) is 218 Å². The minimum absolute atomic E-state index is 0.634. The van der Waals surface area contributed by atoms with Gasteiger partial charge < -0.3 is 0 Å². The summed E-state index contributed by atoms with van der Waals surface area (Å²) in [6.07, 6.45) is 0. The molecule has 0 fully saturated rings. The molecule has 9 aromatic carbocycles. The van der Waals surface area contributed by atoms with Crippen LogP contribution in [-0.4, -0.2) is 29.1 Å². The number of hydrogen-bond acceptors (Lipinski definition) is 5. The average molecular weight is 873 g/mol. The maximum Gasteiger partial charge on any atom is 0.235 e. The number of thiophene rings is 1. The number of benzene rings is 9. The van der Waals surface area contributed by atoms with Gasteiger partial charge in [-0.15, -0.1) is 11.3 Å². The van der Waals surface area contributed by atoms with Crippen LogP contribution in [0.2, 0.25) is 0 Å². The highest BCUT2D eigenvalue weighted by atomic mass is 32.1. The van der Waals surface area contributed by atoms with Crippen LogP contribution in [0.5, 0.6) is 0 Å². The largest absolute Gasteiger partial charge is 0.277 e. The fraction of sp³-hybridized carbons (Fsp3) is 0. The molecule has 0 spiro atoms. The number of para-hydroxylation sites is 3. The van der Waals surface area contributed by atoms with Gasteiger partial charge in [-0.2, -0.15) is 0 Å². The zero-order valence-electron chi connectivity index (χ0n) is 35.9. The lowest BCUT2D eigenvalue weighted by molar-refractivity contribution is 1.01. The first-order chi connectivity index (χ1) is 33.2. The van der Waals surface area contributed by atoms with E-state index in [0.717, 1.165) is 114 Å². The lowest BCUT2D eigenvalue weighted by atomic mass is 9.99. The van der Waals surface area contributed by atoms with Crippen LogP contribution in [0.3, 0.4) is 0 Å². The summed E-state index contributed by atoms with van der Waals surface area (Å²) in [5, 5.41) is 7.85. The van der Waals surface area contributed by atoms with Crippen LogP contribution < -0.4 is 0 Å². The highest BCUT2D eigenvalue weighted by Gasteiger charge is 2.24. The Hall–Kier alpha value is -8.78. The van der Waals surface area contributed by atoms with E-state index in [1.807, 2.05) is 6.07 Å². The molecule has 0 bridgehead atoms. The highest BCUT2D eigenvalue weighted by Crippen LogP contribution is 2.44. The molecule has 6 nitrogen and oxygen atoms in total. The number of hydrogen-bond donors (Lipinski definition) is 0. The predicted molar refractivity (Wildman–Crippen MR) is 278 cm³/mol. The molecule has 312 valence electrons. The Morgan fingerprint density at radius 1 is 0.328 bits per heavy atom. The van der Waals surface area contributed by atoms with E-state index in [1.165, 1.54) is 5.56 Å². The van der Waals surface area contributed by atoms with Crippen LogP contribution in [0, 0.1) is 0 Å². The van der Waals surface area contributed by atoms with Crippen molar-refractivity contribution in [3.63, 3.8) is 0 Å². The Labute approximate surface area is 388 Å². The van der Waals surface area contributed by atoms with Crippen molar-refractivity contribution in [1.82, 2.24) is 29.1 Å². The topological polar surface area (TPSA) is 61.4 Å². The molecule has 5 aromatic heterocycles. The summed E-state index contributed by atoms with van der Waals surface area (Å²) in [5.41, 5.74) is 13.3. The number of aromatic nitrogens is 6. The first-order valence-corrected chi connectivity index (χ1v) is 23.3. The molecule has 67 heavy (non-hydrogen) atoms. The van der Waals surface area contributed by atoms with E-state index in [4.69, 9.17) is 19.9 Å². The predicted octanol–water partition coefficient (Wildman–Crippen LogP) is 15.6. The molecule has 0 atom stereocenters. The van der Waals surface area contributed by atoms with Crippen LogP contribution in [0.4, 0.5) is 0 Å². The van der Waals surface area contributed by atoms with Crippen molar-refractivity contribution in [2.75, 3.05) is 0 Å². The minimum Gasteiger partial charge on any atom is -0.277 e. The third kappa shape index (κ3) is 5.88. The molecule has 0 N–H and O–H groups in total. The molecule has 5 heterocycles. The van der Waals surface area contributed by atoms with E-state index >= 15 is 0 Å². The van der Waals surface area contributed by atoms with Crippen LogP contribution in [0.25, 0.3) is 131 Å². The number of rotatable bonds is 6. The van der Waals surface area contributed by atoms with Crippen molar-refractivity contribution in [2.24, 2.45) is 0 Å². The summed E-state index contributed by atoms with van der Waals surface area (Å²) in [5.74, 6) is 1.27. The molecule has 0 aliphatic rings. The maximum atomic E-state index is 5.51. The van der Waals surface area contributed by atoms with Crippen molar-refractivity contribution in [3.8, 4) is 56.0 Å². The first kappa shape index (κ1) is 37.6. The third-order valence-electron chi connectivity index (χ3n) is 13.2. The summed E-state index contributed by atoms with van der Waals surface area (Å²) < 4.78 is 5.61. The van der Waals surface area contributed by atoms with Gasteiger partial charge in [0.15, 0.2) is 0 Å². The van der Waals surface area contributed by atoms with Crippen LogP contribution in [0.1, 0.15) is 0 Å². The quantitative estimate of drug-likeness (QED) is 0.167. The molecule has 14 aromatic rings. The van der Waals surface area contributed by atoms with Gasteiger partial charge in [0.25, 0.3) is 0 Å². The molecule has 0 amide bonds. The van der Waals surface area contributed by atoms with Crippen molar-refractivity contribution in [3.05, 3.63) is 218 Å². The van der Waals surface area contributed by atoms with E-state index in [1.54, 1.807) is 11.3 Å². The van der Waals surface area contributed by atoms with Gasteiger partial charge in [-0.3, -0.25) is 9.13 Å². The minimum atomic E-state index is 0.634. The van der Waals surface area contributed by atoms with Gasteiger partial charge in [-0.25, -0.2) is 19.9 Å². The lowest BCUT2D eigenvalue weighted by Crippen LogP contribution is -2.04. The molecule has 0 unspecified atom stereocenters. The van der Waals surface area contributed by atoms with Crippen LogP contribution in [-0.2, 0) is 0 Å². The van der Waals surface area contributed by atoms with Crippen LogP contribution >= 0.6 is 11.3 Å². The summed E-state index contributed by atoms with van der Waals surface area (Å²) in [6.45, 7) is 0. The van der Waals surface area contributed by atoms with Crippen molar-refractivity contribution < 1.29 is 0 Å². The SMILES string of the molecule is c1ccc(-c2cc3nc(-n4c5ccccc5c5cccc(-c6ccc7c(c6)c6ccc8ccccc8c6n7-c6nc(-c7ccccc7)c7ccccc7n6)c54)nc(-c4ccccc4)c3s2)cc1. The number of nitrogens with zero attached hydrogens (tertiary/aromatic N) is 6. The Morgan fingerprint density at radius 3 is 1.70 bits per heavy atom. The van der Waals surface area contributed by atoms with Gasteiger partial charge in [0, 0.05) is 53.9 Å². The molecule has 0 radical (unpaired) electrons. The maximum absolute atomic E-state index is 5.51. The van der Waals surface area contributed by atoms with Gasteiger partial charge in [0.2, 0.25) is 11.9 Å². The van der Waals surface area contributed by atoms with Crippen molar-refractivity contribution in [2.45, 2.75) is 0 Å². The molecule has 7 heteroatoms. The molecular weight excluding hydrogens is 837 g/mol. The Bertz CT molecular complexity index is 4270. The average Bonchev–Trinajstić information content (AvgIpc) is 4.09. The summed E-state index contributed by atoms with van der Waals surface area (Å²) >= 11 is 1.74. The summed E-state index contributed by atoms with van der Waals surface area (Å²) in [7, 11) is 0. The van der Waals surface area contributed by atoms with E-state index < -0.39 is 0 Å². The van der Waals surface area contributed by atoms with Crippen molar-refractivity contribution in [1.29, 1.82) is 0 Å². The molecule has 14 rings (SSSR count). The second-order valence-corrected chi connectivity index (χ2v) is 18.0. The Balaban J connectivity index is 1.04. The monoisotopic (exact) mass is 872 g/mol. The zero-order chi connectivity index (χ0) is 44.0. The van der Waals surface area contributed by atoms with E-state index in [2.05, 4.69) is 221 Å². The summed E-state index contributed by atoms with van der Waals surface area (Å²) in [4.78, 5) is 22.8. The molecule has 0 aliphatic heterocycles. The normalized spacial score (nSPS) is 11.9. The standard InChI is InChI=1S/C60H36N6S/c1-4-18-38(19-5-1)53-36-50-58(67-53)55(40-22-8-3-9-23-40)64-60(62-50)65-51-30-15-13-25-44(51)45-28-16-27-43(57(45)65)41-32-34-52-48(35-41)46-33-31-37-17-10-11-24-42(37)56(46)66(52)59-61-49-29-14-12-26-47(49)54(63-59)39-20-6-2-7-21-39/h1-36H. The lowest BCUT2D eigenvalue weighted by Gasteiger charge is -2.13. The Kier molecular flexibility index (Phi) is 8.35. The van der Waals surface area contributed by atoms with E-state index in [-0.39, 0.29) is 0 Å². The summed E-state index contributed by atoms with van der Waals surface area (Å²) in [6, 6.07) is 77.2. The third-order valence-corrected chi connectivity index (χ3v) is 14.3. The van der Waals surface area contributed by atoms with Gasteiger partial charge in [0.1, 0.15) is 0 Å². The second kappa shape index (κ2) is 14.9. The van der Waals surface area contributed by atoms with E-state index in [0.29, 0.717) is 11.9 Å².